The average Bonchev–Trinajstić information content (AvgIpc) is 3.93. The Kier molecular flexibility index (Phi) is 11.9. The minimum absolute atomic E-state index is 0. The van der Waals surface area contributed by atoms with Crippen LogP contribution in [0, 0.1) is 37.1 Å². The first-order valence-corrected chi connectivity index (χ1v) is 26.5. The van der Waals surface area contributed by atoms with Crippen molar-refractivity contribution in [1.82, 2.24) is 19.5 Å². The molecular formula is C61H59FIrN4OSi-2. The second-order valence-corrected chi connectivity index (χ2v) is 25.6. The first-order valence-electron chi connectivity index (χ1n) is 25.5. The largest absolute Gasteiger partial charge is 0.486 e. The van der Waals surface area contributed by atoms with Crippen LogP contribution in [-0.2, 0) is 31.9 Å². The second-order valence-electron chi connectivity index (χ2n) is 20.5. The number of pyridine rings is 2. The van der Waals surface area contributed by atoms with E-state index in [2.05, 4.69) is 118 Å². The number of rotatable bonds is 7. The molecule has 0 aliphatic carbocycles. The van der Waals surface area contributed by atoms with Crippen LogP contribution in [0.4, 0.5) is 4.39 Å². The fourth-order valence-corrected chi connectivity index (χ4v) is 9.98. The van der Waals surface area contributed by atoms with E-state index in [4.69, 9.17) is 21.2 Å². The number of fused-ring (bicyclic) bond motifs is 4. The normalized spacial score (nSPS) is 13.5. The Morgan fingerprint density at radius 2 is 1.51 bits per heavy atom. The van der Waals surface area contributed by atoms with Crippen LogP contribution in [0.3, 0.4) is 0 Å². The molecule has 0 saturated heterocycles. The van der Waals surface area contributed by atoms with Crippen molar-refractivity contribution in [1.29, 1.82) is 0 Å². The van der Waals surface area contributed by atoms with Gasteiger partial charge in [0.1, 0.15) is 5.82 Å². The standard InChI is InChI=1S/C41H31FN3O.C20H28NSi.Ir/c1-25-14-20-31(38-37(25)30-21-22-33(44-40(30)46-38)27-15-18-29(42)19-16-27)39-43-34-12-8-9-13-36(34)45(39)35-23-17-28(41(2,3)4)24-32(35)26-10-6-5-7-11-26;1-15-8-10-16(11-9-15)18-12-17(13-20(2,3)4)19(14-21-18)22(5,6)7;/h5-19,21-24H,1-4H3;8-10,12,14H,13H2,1-7H3;/q2*-1;/i;1D3,13D2;. The van der Waals surface area contributed by atoms with Crippen LogP contribution in [0.25, 0.3) is 83.8 Å². The Hall–Kier alpha value is -6.31. The van der Waals surface area contributed by atoms with Crippen molar-refractivity contribution in [2.45, 2.75) is 86.7 Å². The molecule has 351 valence electrons. The molecule has 69 heavy (non-hydrogen) atoms. The first-order chi connectivity index (χ1) is 34.3. The molecule has 8 heteroatoms. The SMILES string of the molecule is Cc1c[c-]c(-c2nc3ccccc3n2-c2ccc(C(C)(C)C)cc2-c2ccccc2)c2oc3nc(-c4ccc(F)cc4)ccc3c12.[2H]C([2H])([2H])c1c[c-]c(-c2cc(C([2H])([2H])C(C)(C)C)c([Si](C)(C)C)cn2)cc1.[Ir]. The molecule has 0 fully saturated rings. The van der Waals surface area contributed by atoms with Gasteiger partial charge < -0.3 is 14.0 Å². The van der Waals surface area contributed by atoms with Gasteiger partial charge in [0.25, 0.3) is 0 Å². The van der Waals surface area contributed by atoms with Gasteiger partial charge in [0.15, 0.2) is 0 Å². The van der Waals surface area contributed by atoms with Crippen LogP contribution in [0.5, 0.6) is 0 Å². The van der Waals surface area contributed by atoms with Gasteiger partial charge in [-0.2, -0.15) is 0 Å². The van der Waals surface area contributed by atoms with E-state index < -0.39 is 26.7 Å². The van der Waals surface area contributed by atoms with E-state index in [-0.39, 0.29) is 36.9 Å². The van der Waals surface area contributed by atoms with E-state index in [1.165, 1.54) is 23.8 Å². The number of hydrogen-bond donors (Lipinski definition) is 0. The fraction of sp³-hybridized carbons (Fsp3) is 0.230. The summed E-state index contributed by atoms with van der Waals surface area (Å²) in [6, 6.07) is 50.9. The maximum Gasteiger partial charge on any atom is 0.216 e. The minimum Gasteiger partial charge on any atom is -0.486 e. The molecule has 0 aliphatic heterocycles. The number of aromatic nitrogens is 4. The van der Waals surface area contributed by atoms with Crippen LogP contribution in [0.15, 0.2) is 150 Å². The van der Waals surface area contributed by atoms with E-state index in [1.54, 1.807) is 30.5 Å². The summed E-state index contributed by atoms with van der Waals surface area (Å²) in [5.74, 6) is 0.459. The molecule has 4 aromatic heterocycles. The van der Waals surface area contributed by atoms with Crippen LogP contribution in [0.2, 0.25) is 19.6 Å². The number of furan rings is 1. The summed E-state index contributed by atoms with van der Waals surface area (Å²) in [5.41, 5.74) is 12.5. The Morgan fingerprint density at radius 1 is 0.768 bits per heavy atom. The number of nitrogens with zero attached hydrogens (tertiary/aromatic N) is 4. The van der Waals surface area contributed by atoms with E-state index in [0.717, 1.165) is 66.3 Å². The molecule has 0 saturated carbocycles. The van der Waals surface area contributed by atoms with Crippen molar-refractivity contribution in [2.24, 2.45) is 5.41 Å². The van der Waals surface area contributed by atoms with Crippen molar-refractivity contribution in [3.63, 3.8) is 0 Å². The van der Waals surface area contributed by atoms with Crippen LogP contribution < -0.4 is 5.19 Å². The van der Waals surface area contributed by atoms with Crippen LogP contribution >= 0.6 is 0 Å². The molecule has 10 aromatic rings. The Balaban J connectivity index is 0.000000224. The molecule has 1 radical (unpaired) electrons. The monoisotopic (exact) mass is 1110 g/mol. The quantitative estimate of drug-likeness (QED) is 0.118. The van der Waals surface area contributed by atoms with Crippen molar-refractivity contribution >= 4 is 46.4 Å². The Labute approximate surface area is 428 Å². The van der Waals surface area contributed by atoms with Crippen LogP contribution in [-0.4, -0.2) is 27.6 Å². The summed E-state index contributed by atoms with van der Waals surface area (Å²) >= 11 is 0. The molecule has 0 aliphatic rings. The van der Waals surface area contributed by atoms with E-state index in [0.29, 0.717) is 33.8 Å². The van der Waals surface area contributed by atoms with Gasteiger partial charge in [0, 0.05) is 55.4 Å². The van der Waals surface area contributed by atoms with Gasteiger partial charge in [-0.3, -0.25) is 4.98 Å². The number of hydrogen-bond acceptors (Lipinski definition) is 4. The summed E-state index contributed by atoms with van der Waals surface area (Å²) in [6.07, 6.45) is 0.269. The van der Waals surface area contributed by atoms with E-state index in [1.807, 2.05) is 69.3 Å². The molecule has 0 bridgehead atoms. The number of para-hydroxylation sites is 2. The number of benzene rings is 6. The maximum absolute atomic E-state index is 13.6. The van der Waals surface area contributed by atoms with Gasteiger partial charge in [0.05, 0.1) is 36.2 Å². The molecule has 4 heterocycles. The third kappa shape index (κ3) is 10.4. The zero-order valence-corrected chi connectivity index (χ0v) is 44.2. The zero-order valence-electron chi connectivity index (χ0n) is 45.8. The third-order valence-corrected chi connectivity index (χ3v) is 14.0. The van der Waals surface area contributed by atoms with Crippen LogP contribution in [0.1, 0.15) is 70.7 Å². The third-order valence-electron chi connectivity index (χ3n) is 12.0. The molecule has 0 spiro atoms. The molecule has 0 unspecified atom stereocenters. The Morgan fingerprint density at radius 3 is 2.19 bits per heavy atom. The Bertz CT molecular complexity index is 3660. The molecule has 0 amide bonds. The molecule has 0 N–H and O–H groups in total. The molecule has 6 aromatic carbocycles. The van der Waals surface area contributed by atoms with Gasteiger partial charge in [-0.1, -0.05) is 146 Å². The summed E-state index contributed by atoms with van der Waals surface area (Å²) in [5, 5.41) is 2.90. The first kappa shape index (κ1) is 42.8. The van der Waals surface area contributed by atoms with E-state index >= 15 is 0 Å². The fourth-order valence-electron chi connectivity index (χ4n) is 8.59. The maximum atomic E-state index is 13.6. The molecule has 10 rings (SSSR count). The zero-order chi connectivity index (χ0) is 52.4. The number of halogens is 1. The molecule has 5 nitrogen and oxygen atoms in total. The van der Waals surface area contributed by atoms with Gasteiger partial charge in [-0.25, -0.2) is 9.37 Å². The van der Waals surface area contributed by atoms with Crippen molar-refractivity contribution in [3.8, 4) is 50.7 Å². The molecule has 0 atom stereocenters. The number of aryl methyl sites for hydroxylation is 2. The topological polar surface area (TPSA) is 56.7 Å². The van der Waals surface area contributed by atoms with Crippen molar-refractivity contribution in [3.05, 3.63) is 186 Å². The summed E-state index contributed by atoms with van der Waals surface area (Å²) in [4.78, 5) is 14.6. The minimum atomic E-state index is -2.17. The summed E-state index contributed by atoms with van der Waals surface area (Å²) in [7, 11) is -1.81. The predicted molar refractivity (Wildman–Crippen MR) is 284 cm³/mol. The smallest absolute Gasteiger partial charge is 0.216 e. The van der Waals surface area contributed by atoms with Gasteiger partial charge in [-0.05, 0) is 99.9 Å². The van der Waals surface area contributed by atoms with E-state index in [9.17, 15) is 4.39 Å². The van der Waals surface area contributed by atoms with Crippen molar-refractivity contribution < 1.29 is 35.8 Å². The van der Waals surface area contributed by atoms with Gasteiger partial charge >= 0.3 is 0 Å². The van der Waals surface area contributed by atoms with Gasteiger partial charge in [-0.15, -0.1) is 53.1 Å². The molecular weight excluding hydrogens is 1040 g/mol. The summed E-state index contributed by atoms with van der Waals surface area (Å²) in [6.45, 7) is 18.9. The predicted octanol–water partition coefficient (Wildman–Crippen LogP) is 15.9. The summed E-state index contributed by atoms with van der Waals surface area (Å²) < 4.78 is 62.5. The van der Waals surface area contributed by atoms with Crippen molar-refractivity contribution in [2.75, 3.05) is 0 Å². The average molecular weight is 1110 g/mol. The second kappa shape index (κ2) is 19.2. The van der Waals surface area contributed by atoms with Gasteiger partial charge in [0.2, 0.25) is 5.71 Å². The number of imidazole rings is 1.